The fourth-order valence-electron chi connectivity index (χ4n) is 1.94. The average Bonchev–Trinajstić information content (AvgIpc) is 2.86. The van der Waals surface area contributed by atoms with Crippen LogP contribution in [0.15, 0.2) is 11.6 Å². The van der Waals surface area contributed by atoms with Gasteiger partial charge in [-0.15, -0.1) is 0 Å². The molecule has 1 N–H and O–H groups in total. The predicted octanol–water partition coefficient (Wildman–Crippen LogP) is 0.396. The van der Waals surface area contributed by atoms with Crippen molar-refractivity contribution in [2.75, 3.05) is 0 Å². The Labute approximate surface area is 82.5 Å². The lowest BCUT2D eigenvalue weighted by Gasteiger charge is -2.15. The van der Waals surface area contributed by atoms with Gasteiger partial charge in [-0.25, -0.2) is 4.79 Å². The Morgan fingerprint density at radius 1 is 1.71 bits per heavy atom. The Morgan fingerprint density at radius 3 is 2.71 bits per heavy atom. The third-order valence-corrected chi connectivity index (χ3v) is 3.02. The first-order valence-corrected chi connectivity index (χ1v) is 4.73. The normalized spacial score (nSPS) is 43.1. The molecule has 0 amide bonds. The minimum atomic E-state index is -1.10. The number of rotatable bonds is 2. The van der Waals surface area contributed by atoms with Crippen LogP contribution in [0, 0.1) is 0 Å². The largest absolute Gasteiger partial charge is 0.457 e. The number of carbonyl (C=O) groups is 1. The van der Waals surface area contributed by atoms with Gasteiger partial charge in [0.15, 0.2) is 0 Å². The van der Waals surface area contributed by atoms with Gasteiger partial charge in [-0.2, -0.15) is 0 Å². The van der Waals surface area contributed by atoms with Gasteiger partial charge < -0.3 is 14.6 Å². The molecule has 0 aromatic rings. The molecule has 0 saturated carbocycles. The summed E-state index contributed by atoms with van der Waals surface area (Å²) in [5, 5.41) is 9.91. The van der Waals surface area contributed by atoms with Crippen molar-refractivity contribution in [3.05, 3.63) is 11.6 Å². The van der Waals surface area contributed by atoms with Crippen molar-refractivity contribution in [1.29, 1.82) is 0 Å². The van der Waals surface area contributed by atoms with Crippen molar-refractivity contribution >= 4 is 5.97 Å². The number of aliphatic hydroxyl groups is 1. The second-order valence-electron chi connectivity index (χ2n) is 3.88. The molecule has 2 saturated heterocycles. The Balaban J connectivity index is 2.24. The molecule has 14 heavy (non-hydrogen) atoms. The molecule has 4 atom stereocenters. The third kappa shape index (κ3) is 0.980. The zero-order valence-electron chi connectivity index (χ0n) is 8.48. The van der Waals surface area contributed by atoms with Crippen molar-refractivity contribution in [3.8, 4) is 0 Å². The van der Waals surface area contributed by atoms with Gasteiger partial charge in [-0.1, -0.05) is 6.08 Å². The summed E-state index contributed by atoms with van der Waals surface area (Å²) in [5.41, 5.74) is -0.366. The molecule has 4 nitrogen and oxygen atoms in total. The van der Waals surface area contributed by atoms with Gasteiger partial charge in [0.25, 0.3) is 0 Å². The van der Waals surface area contributed by atoms with Gasteiger partial charge in [-0.05, 0) is 26.3 Å². The zero-order chi connectivity index (χ0) is 10.5. The van der Waals surface area contributed by atoms with Gasteiger partial charge in [-0.3, -0.25) is 0 Å². The van der Waals surface area contributed by atoms with Crippen LogP contribution in [0.1, 0.15) is 20.8 Å². The number of hydrogen-bond acceptors (Lipinski definition) is 4. The highest BCUT2D eigenvalue weighted by Gasteiger charge is 2.75. The smallest absolute Gasteiger partial charge is 0.344 e. The number of esters is 1. The number of cyclic esters (lactones) is 1. The molecule has 0 bridgehead atoms. The van der Waals surface area contributed by atoms with Crippen LogP contribution in [0.4, 0.5) is 0 Å². The highest BCUT2D eigenvalue weighted by atomic mass is 16.7. The summed E-state index contributed by atoms with van der Waals surface area (Å²) in [6, 6.07) is 0. The topological polar surface area (TPSA) is 59.1 Å². The van der Waals surface area contributed by atoms with Crippen LogP contribution in [0.2, 0.25) is 0 Å². The van der Waals surface area contributed by atoms with Crippen LogP contribution in [0.25, 0.3) is 0 Å². The summed E-state index contributed by atoms with van der Waals surface area (Å²) < 4.78 is 10.3. The molecule has 0 aliphatic carbocycles. The predicted molar refractivity (Wildman–Crippen MR) is 48.6 cm³/mol. The first-order valence-electron chi connectivity index (χ1n) is 4.73. The summed E-state index contributed by atoms with van der Waals surface area (Å²) in [5.74, 6) is -0.441. The van der Waals surface area contributed by atoms with E-state index in [0.29, 0.717) is 0 Å². The van der Waals surface area contributed by atoms with Crippen LogP contribution in [-0.2, 0) is 14.3 Å². The molecule has 1 unspecified atom stereocenters. The van der Waals surface area contributed by atoms with Crippen LogP contribution in [0.3, 0.4) is 0 Å². The molecule has 2 rings (SSSR count). The molecule has 0 aromatic heterocycles. The second-order valence-corrected chi connectivity index (χ2v) is 3.88. The van der Waals surface area contributed by atoms with Crippen molar-refractivity contribution in [2.24, 2.45) is 0 Å². The fourth-order valence-corrected chi connectivity index (χ4v) is 1.94. The van der Waals surface area contributed by atoms with Gasteiger partial charge >= 0.3 is 5.97 Å². The van der Waals surface area contributed by atoms with Crippen molar-refractivity contribution in [3.63, 3.8) is 0 Å². The number of hydrogen-bond donors (Lipinski definition) is 1. The molecule has 78 valence electrons. The molecule has 0 radical (unpaired) electrons. The summed E-state index contributed by atoms with van der Waals surface area (Å²) in [7, 11) is 0. The van der Waals surface area contributed by atoms with Gasteiger partial charge in [0.05, 0.1) is 0 Å². The highest BCUT2D eigenvalue weighted by molar-refractivity contribution is 5.88. The fraction of sp³-hybridized carbons (Fsp3) is 0.700. The molecule has 2 heterocycles. The summed E-state index contributed by atoms with van der Waals surface area (Å²) >= 11 is 0. The lowest BCUT2D eigenvalue weighted by Crippen LogP contribution is -2.38. The Morgan fingerprint density at radius 2 is 2.36 bits per heavy atom. The molecular formula is C10H14O4. The molecule has 2 aliphatic rings. The summed E-state index contributed by atoms with van der Waals surface area (Å²) in [4.78, 5) is 11.5. The van der Waals surface area contributed by atoms with Gasteiger partial charge in [0.1, 0.15) is 18.3 Å². The van der Waals surface area contributed by atoms with E-state index in [9.17, 15) is 9.90 Å². The van der Waals surface area contributed by atoms with Crippen LogP contribution < -0.4 is 0 Å². The van der Waals surface area contributed by atoms with E-state index in [1.165, 1.54) is 0 Å². The number of allylic oxidation sites excluding steroid dienone is 1. The number of fused-ring (bicyclic) bond motifs is 1. The first kappa shape index (κ1) is 9.68. The monoisotopic (exact) mass is 198 g/mol. The third-order valence-electron chi connectivity index (χ3n) is 3.02. The lowest BCUT2D eigenvalue weighted by atomic mass is 9.93. The van der Waals surface area contributed by atoms with E-state index >= 15 is 0 Å². The first-order chi connectivity index (χ1) is 6.54. The number of epoxide rings is 1. The van der Waals surface area contributed by atoms with Crippen molar-refractivity contribution < 1.29 is 19.4 Å². The van der Waals surface area contributed by atoms with Crippen molar-refractivity contribution in [2.45, 2.75) is 44.7 Å². The quantitative estimate of drug-likeness (QED) is 0.396. The maximum atomic E-state index is 11.5. The second kappa shape index (κ2) is 2.81. The van der Waals surface area contributed by atoms with E-state index < -0.39 is 17.7 Å². The summed E-state index contributed by atoms with van der Waals surface area (Å²) in [6.07, 6.45) is 0.366. The molecular weight excluding hydrogens is 184 g/mol. The minimum absolute atomic E-state index is 0.248. The van der Waals surface area contributed by atoms with Gasteiger partial charge in [0, 0.05) is 0 Å². The van der Waals surface area contributed by atoms with E-state index in [1.807, 2.05) is 6.92 Å². The van der Waals surface area contributed by atoms with Crippen molar-refractivity contribution in [1.82, 2.24) is 0 Å². The molecule has 2 fully saturated rings. The van der Waals surface area contributed by atoms with E-state index in [2.05, 4.69) is 0 Å². The van der Waals surface area contributed by atoms with E-state index in [1.54, 1.807) is 19.9 Å². The Kier molecular flexibility index (Phi) is 1.94. The summed E-state index contributed by atoms with van der Waals surface area (Å²) in [6.45, 7) is 5.36. The van der Waals surface area contributed by atoms with Crippen LogP contribution >= 0.6 is 0 Å². The van der Waals surface area contributed by atoms with Crippen LogP contribution in [-0.4, -0.2) is 35.0 Å². The average molecular weight is 198 g/mol. The zero-order valence-corrected chi connectivity index (χ0v) is 8.48. The van der Waals surface area contributed by atoms with Gasteiger partial charge in [0.2, 0.25) is 5.60 Å². The van der Waals surface area contributed by atoms with E-state index in [0.717, 1.165) is 5.57 Å². The number of aliphatic hydroxyl groups excluding tert-OH is 1. The maximum Gasteiger partial charge on any atom is 0.344 e. The van der Waals surface area contributed by atoms with E-state index in [-0.39, 0.29) is 12.2 Å². The molecule has 0 spiro atoms. The molecule has 0 aromatic carbocycles. The highest BCUT2D eigenvalue weighted by Crippen LogP contribution is 2.50. The molecule has 2 aliphatic heterocycles. The Bertz CT molecular complexity index is 309. The number of carbonyl (C=O) groups excluding carboxylic acids is 1. The SMILES string of the molecule is C/C=C(\C)C(O)[C@@]12O[C@@H]1[C@@H](C)OC2=O. The molecule has 4 heteroatoms. The van der Waals surface area contributed by atoms with E-state index in [4.69, 9.17) is 9.47 Å². The van der Waals surface area contributed by atoms with Crippen LogP contribution in [0.5, 0.6) is 0 Å². The maximum absolute atomic E-state index is 11.5. The Hall–Kier alpha value is -0.870. The number of ether oxygens (including phenoxy) is 2. The lowest BCUT2D eigenvalue weighted by molar-refractivity contribution is -0.156. The standard InChI is InChI=1S/C10H14O4/c1-4-5(2)7(11)10-8(14-10)6(3)13-9(10)12/h4,6-8,11H,1-3H3/b5-4+/t6-,7?,8-,10-/m1/s1. The minimum Gasteiger partial charge on any atom is -0.457 e.